The van der Waals surface area contributed by atoms with Gasteiger partial charge >= 0.3 is 0 Å². The van der Waals surface area contributed by atoms with Gasteiger partial charge in [-0.15, -0.1) is 0 Å². The van der Waals surface area contributed by atoms with Crippen LogP contribution in [0.25, 0.3) is 0 Å². The van der Waals surface area contributed by atoms with Crippen LogP contribution in [0.3, 0.4) is 0 Å². The van der Waals surface area contributed by atoms with E-state index in [1.165, 1.54) is 4.90 Å². The van der Waals surface area contributed by atoms with Gasteiger partial charge in [-0.3, -0.25) is 14.4 Å². The molecule has 180 valence electrons. The Morgan fingerprint density at radius 2 is 1.57 bits per heavy atom. The molecular formula is C27H24F2N2O4. The molecule has 0 radical (unpaired) electrons. The predicted octanol–water partition coefficient (Wildman–Crippen LogP) is 4.26. The van der Waals surface area contributed by atoms with Gasteiger partial charge in [0.15, 0.2) is 5.78 Å². The quantitative estimate of drug-likeness (QED) is 0.515. The average Bonchev–Trinajstić information content (AvgIpc) is 2.88. The Bertz CT molecular complexity index is 1220. The largest absolute Gasteiger partial charge is 0.489 e. The molecule has 0 saturated carbocycles. The maximum absolute atomic E-state index is 14.0. The Balaban J connectivity index is 1.34. The number of para-hydroxylation sites is 1. The standard InChI is InChI=1S/C27H24F2N2O4/c28-19-10-11-21(23(29)16-19)27(34)31-14-12-20(13-15-31)35-25-9-5-4-8-22(25)26(33)30-17-24(32)18-6-2-1-3-7-18/h1-11,16,20H,12-15,17H2,(H,30,33). The number of likely N-dealkylation sites (tertiary alicyclic amines) is 1. The highest BCUT2D eigenvalue weighted by Gasteiger charge is 2.27. The minimum Gasteiger partial charge on any atom is -0.489 e. The molecule has 3 aromatic carbocycles. The van der Waals surface area contributed by atoms with Crippen LogP contribution in [0.15, 0.2) is 72.8 Å². The first-order valence-corrected chi connectivity index (χ1v) is 11.3. The summed E-state index contributed by atoms with van der Waals surface area (Å²) in [6.07, 6.45) is 0.714. The van der Waals surface area contributed by atoms with Gasteiger partial charge in [0.2, 0.25) is 0 Å². The number of ether oxygens (including phenoxy) is 1. The number of piperidine rings is 1. The van der Waals surface area contributed by atoms with Crippen molar-refractivity contribution in [2.75, 3.05) is 19.6 Å². The zero-order chi connectivity index (χ0) is 24.8. The van der Waals surface area contributed by atoms with Crippen LogP contribution in [-0.2, 0) is 0 Å². The molecule has 3 aromatic rings. The van der Waals surface area contributed by atoms with Crippen LogP contribution >= 0.6 is 0 Å². The van der Waals surface area contributed by atoms with E-state index in [0.717, 1.165) is 12.1 Å². The molecule has 8 heteroatoms. The molecule has 6 nitrogen and oxygen atoms in total. The van der Waals surface area contributed by atoms with E-state index in [4.69, 9.17) is 4.74 Å². The first-order valence-electron chi connectivity index (χ1n) is 11.3. The third-order valence-corrected chi connectivity index (χ3v) is 5.82. The van der Waals surface area contributed by atoms with E-state index in [1.54, 1.807) is 48.5 Å². The van der Waals surface area contributed by atoms with Crippen LogP contribution in [0.4, 0.5) is 8.78 Å². The van der Waals surface area contributed by atoms with Crippen molar-refractivity contribution in [2.24, 2.45) is 0 Å². The van der Waals surface area contributed by atoms with E-state index in [2.05, 4.69) is 5.32 Å². The smallest absolute Gasteiger partial charge is 0.256 e. The first-order chi connectivity index (χ1) is 16.9. The molecular weight excluding hydrogens is 454 g/mol. The van der Waals surface area contributed by atoms with Crippen LogP contribution in [0.2, 0.25) is 0 Å². The number of Topliss-reactive ketones (excluding diaryl/α,β-unsaturated/α-hetero) is 1. The van der Waals surface area contributed by atoms with Gasteiger partial charge in [0.05, 0.1) is 17.7 Å². The van der Waals surface area contributed by atoms with Gasteiger partial charge in [-0.05, 0) is 24.3 Å². The Morgan fingerprint density at radius 1 is 0.886 bits per heavy atom. The number of hydrogen-bond donors (Lipinski definition) is 1. The lowest BCUT2D eigenvalue weighted by Crippen LogP contribution is -2.42. The lowest BCUT2D eigenvalue weighted by Gasteiger charge is -2.32. The van der Waals surface area contributed by atoms with E-state index in [-0.39, 0.29) is 24.0 Å². The van der Waals surface area contributed by atoms with E-state index in [9.17, 15) is 23.2 Å². The number of hydrogen-bond acceptors (Lipinski definition) is 4. The summed E-state index contributed by atoms with van der Waals surface area (Å²) in [7, 11) is 0. The average molecular weight is 478 g/mol. The lowest BCUT2D eigenvalue weighted by molar-refractivity contribution is 0.0589. The molecule has 4 rings (SSSR count). The van der Waals surface area contributed by atoms with E-state index in [0.29, 0.717) is 48.9 Å². The molecule has 0 unspecified atom stereocenters. The first kappa shape index (κ1) is 24.1. The highest BCUT2D eigenvalue weighted by molar-refractivity contribution is 6.03. The molecule has 1 N–H and O–H groups in total. The van der Waals surface area contributed by atoms with Gasteiger partial charge in [-0.1, -0.05) is 42.5 Å². The second kappa shape index (κ2) is 10.9. The highest BCUT2D eigenvalue weighted by Crippen LogP contribution is 2.24. The van der Waals surface area contributed by atoms with E-state index in [1.807, 2.05) is 6.07 Å². The molecule has 0 bridgehead atoms. The van der Waals surface area contributed by atoms with Crippen molar-refractivity contribution in [1.29, 1.82) is 0 Å². The number of halogens is 2. The van der Waals surface area contributed by atoms with Crippen molar-refractivity contribution in [1.82, 2.24) is 10.2 Å². The van der Waals surface area contributed by atoms with Gasteiger partial charge in [0, 0.05) is 37.6 Å². The Morgan fingerprint density at radius 3 is 2.29 bits per heavy atom. The number of carbonyl (C=O) groups is 3. The Labute approximate surface area is 201 Å². The normalized spacial score (nSPS) is 13.8. The SMILES string of the molecule is O=C(CNC(=O)c1ccccc1OC1CCN(C(=O)c2ccc(F)cc2F)CC1)c1ccccc1. The fourth-order valence-electron chi connectivity index (χ4n) is 3.93. The zero-order valence-electron chi connectivity index (χ0n) is 18.9. The van der Waals surface area contributed by atoms with Gasteiger partial charge in [0.1, 0.15) is 23.5 Å². The molecule has 0 aliphatic carbocycles. The van der Waals surface area contributed by atoms with Crippen molar-refractivity contribution in [3.05, 3.63) is 101 Å². The minimum absolute atomic E-state index is 0.141. The molecule has 1 saturated heterocycles. The van der Waals surface area contributed by atoms with E-state index >= 15 is 0 Å². The maximum Gasteiger partial charge on any atom is 0.256 e. The van der Waals surface area contributed by atoms with Crippen molar-refractivity contribution in [3.63, 3.8) is 0 Å². The molecule has 2 amide bonds. The molecule has 1 aliphatic heterocycles. The molecule has 35 heavy (non-hydrogen) atoms. The van der Waals surface area contributed by atoms with Gasteiger partial charge < -0.3 is 15.0 Å². The molecule has 0 atom stereocenters. The van der Waals surface area contributed by atoms with Crippen molar-refractivity contribution < 1.29 is 27.9 Å². The number of ketones is 1. The number of nitrogens with zero attached hydrogens (tertiary/aromatic N) is 1. The van der Waals surface area contributed by atoms with Crippen molar-refractivity contribution >= 4 is 17.6 Å². The monoisotopic (exact) mass is 478 g/mol. The predicted molar refractivity (Wildman–Crippen MR) is 125 cm³/mol. The fourth-order valence-corrected chi connectivity index (χ4v) is 3.93. The number of carbonyl (C=O) groups excluding carboxylic acids is 3. The van der Waals surface area contributed by atoms with Crippen LogP contribution in [0.5, 0.6) is 5.75 Å². The molecule has 1 fully saturated rings. The molecule has 1 aliphatic rings. The van der Waals surface area contributed by atoms with Gasteiger partial charge in [-0.2, -0.15) is 0 Å². The second-order valence-electron chi connectivity index (χ2n) is 8.20. The summed E-state index contributed by atoms with van der Waals surface area (Å²) in [6, 6.07) is 18.3. The number of amides is 2. The number of rotatable bonds is 7. The third-order valence-electron chi connectivity index (χ3n) is 5.82. The summed E-state index contributed by atoms with van der Waals surface area (Å²) in [5, 5.41) is 2.64. The maximum atomic E-state index is 14.0. The zero-order valence-corrected chi connectivity index (χ0v) is 18.9. The van der Waals surface area contributed by atoms with Gasteiger partial charge in [0.25, 0.3) is 11.8 Å². The van der Waals surface area contributed by atoms with Crippen LogP contribution in [-0.4, -0.2) is 48.2 Å². The van der Waals surface area contributed by atoms with E-state index < -0.39 is 23.4 Å². The number of nitrogens with one attached hydrogen (secondary N) is 1. The van der Waals surface area contributed by atoms with Crippen LogP contribution < -0.4 is 10.1 Å². The Hall–Kier alpha value is -4.07. The van der Waals surface area contributed by atoms with Crippen LogP contribution in [0.1, 0.15) is 43.9 Å². The Kier molecular flexibility index (Phi) is 7.50. The lowest BCUT2D eigenvalue weighted by atomic mass is 10.1. The number of benzene rings is 3. The highest BCUT2D eigenvalue weighted by atomic mass is 19.1. The van der Waals surface area contributed by atoms with Crippen molar-refractivity contribution in [2.45, 2.75) is 18.9 Å². The summed E-state index contributed by atoms with van der Waals surface area (Å²) in [5.41, 5.74) is 0.650. The molecule has 0 spiro atoms. The molecule has 0 aromatic heterocycles. The summed E-state index contributed by atoms with van der Waals surface area (Å²) < 4.78 is 33.2. The van der Waals surface area contributed by atoms with Crippen LogP contribution in [0, 0.1) is 11.6 Å². The molecule has 1 heterocycles. The summed E-state index contributed by atoms with van der Waals surface area (Å²) >= 11 is 0. The third kappa shape index (κ3) is 5.90. The topological polar surface area (TPSA) is 75.7 Å². The second-order valence-corrected chi connectivity index (χ2v) is 8.20. The summed E-state index contributed by atoms with van der Waals surface area (Å²) in [6.45, 7) is 0.526. The summed E-state index contributed by atoms with van der Waals surface area (Å²) in [5.74, 6) is -2.37. The fraction of sp³-hybridized carbons (Fsp3) is 0.222. The van der Waals surface area contributed by atoms with Gasteiger partial charge in [-0.25, -0.2) is 8.78 Å². The van der Waals surface area contributed by atoms with Crippen molar-refractivity contribution in [3.8, 4) is 5.75 Å². The summed E-state index contributed by atoms with van der Waals surface area (Å²) in [4.78, 5) is 39.1. The minimum atomic E-state index is -0.890.